The first kappa shape index (κ1) is 18.6. The molecular weight excluding hydrogens is 364 g/mol. The van der Waals surface area contributed by atoms with Crippen LogP contribution in [0.4, 0.5) is 5.69 Å². The number of aryl methyl sites for hydroxylation is 1. The first-order valence-electron chi connectivity index (χ1n) is 8.54. The van der Waals surface area contributed by atoms with Crippen molar-refractivity contribution in [3.8, 4) is 10.6 Å². The van der Waals surface area contributed by atoms with Gasteiger partial charge in [-0.3, -0.25) is 4.79 Å². The number of thiazole rings is 1. The first-order chi connectivity index (χ1) is 12.5. The number of para-hydroxylation sites is 1. The summed E-state index contributed by atoms with van der Waals surface area (Å²) in [5.41, 5.74) is 4.77. The molecule has 26 heavy (non-hydrogen) atoms. The molecule has 3 nitrogen and oxygen atoms in total. The van der Waals surface area contributed by atoms with Crippen LogP contribution in [0.15, 0.2) is 47.8 Å². The fourth-order valence-corrected chi connectivity index (χ4v) is 3.98. The van der Waals surface area contributed by atoms with E-state index in [2.05, 4.69) is 30.2 Å². The monoisotopic (exact) mass is 384 g/mol. The van der Waals surface area contributed by atoms with Crippen molar-refractivity contribution in [2.75, 3.05) is 5.32 Å². The number of nitrogens with zero attached hydrogens (tertiary/aromatic N) is 1. The van der Waals surface area contributed by atoms with Gasteiger partial charge in [0.2, 0.25) is 5.91 Å². The second kappa shape index (κ2) is 8.02. The molecule has 1 N–H and O–H groups in total. The molecule has 0 spiro atoms. The quantitative estimate of drug-likeness (QED) is 0.579. The maximum absolute atomic E-state index is 12.5. The minimum Gasteiger partial charge on any atom is -0.325 e. The van der Waals surface area contributed by atoms with E-state index in [-0.39, 0.29) is 12.3 Å². The molecule has 3 rings (SSSR count). The Bertz CT molecular complexity index is 933. The van der Waals surface area contributed by atoms with Crippen LogP contribution in [0.25, 0.3) is 10.6 Å². The summed E-state index contributed by atoms with van der Waals surface area (Å²) >= 11 is 7.73. The summed E-state index contributed by atoms with van der Waals surface area (Å²) in [7, 11) is 0. The van der Waals surface area contributed by atoms with Crippen LogP contribution in [-0.2, 0) is 11.2 Å². The van der Waals surface area contributed by atoms with Crippen molar-refractivity contribution in [1.29, 1.82) is 0 Å². The zero-order chi connectivity index (χ0) is 18.7. The SMILES string of the molecule is Cc1cccc(C(C)C)c1NC(=O)Cc1csc(-c2ccccc2Cl)n1. The van der Waals surface area contributed by atoms with Crippen molar-refractivity contribution >= 4 is 34.5 Å². The molecule has 134 valence electrons. The zero-order valence-corrected chi connectivity index (χ0v) is 16.6. The number of amides is 1. The Kier molecular flexibility index (Phi) is 5.74. The van der Waals surface area contributed by atoms with Crippen molar-refractivity contribution in [2.24, 2.45) is 0 Å². The predicted molar refractivity (Wildman–Crippen MR) is 110 cm³/mol. The minimum absolute atomic E-state index is 0.0581. The Morgan fingerprint density at radius 2 is 1.96 bits per heavy atom. The van der Waals surface area contributed by atoms with Gasteiger partial charge in [0.1, 0.15) is 5.01 Å². The van der Waals surface area contributed by atoms with Gasteiger partial charge in [0, 0.05) is 16.6 Å². The number of rotatable bonds is 5. The largest absolute Gasteiger partial charge is 0.325 e. The molecule has 0 aliphatic heterocycles. The van der Waals surface area contributed by atoms with E-state index in [0.29, 0.717) is 10.9 Å². The third kappa shape index (κ3) is 4.14. The fraction of sp³-hybridized carbons (Fsp3) is 0.238. The van der Waals surface area contributed by atoms with Crippen molar-refractivity contribution < 1.29 is 4.79 Å². The second-order valence-electron chi connectivity index (χ2n) is 6.54. The van der Waals surface area contributed by atoms with Crippen LogP contribution in [0, 0.1) is 6.92 Å². The highest BCUT2D eigenvalue weighted by molar-refractivity contribution is 7.13. The molecule has 2 aromatic carbocycles. The average Bonchev–Trinajstić information content (AvgIpc) is 3.05. The number of carbonyl (C=O) groups excluding carboxylic acids is 1. The molecular formula is C21H21ClN2OS. The van der Waals surface area contributed by atoms with E-state index in [4.69, 9.17) is 11.6 Å². The molecule has 1 heterocycles. The van der Waals surface area contributed by atoms with Gasteiger partial charge in [-0.25, -0.2) is 4.98 Å². The van der Waals surface area contributed by atoms with Gasteiger partial charge in [0.05, 0.1) is 17.1 Å². The highest BCUT2D eigenvalue weighted by Crippen LogP contribution is 2.31. The maximum Gasteiger partial charge on any atom is 0.230 e. The molecule has 0 fully saturated rings. The number of benzene rings is 2. The van der Waals surface area contributed by atoms with E-state index in [1.165, 1.54) is 11.3 Å². The lowest BCUT2D eigenvalue weighted by molar-refractivity contribution is -0.115. The first-order valence-corrected chi connectivity index (χ1v) is 9.80. The van der Waals surface area contributed by atoms with Crippen LogP contribution < -0.4 is 5.32 Å². The maximum atomic E-state index is 12.5. The van der Waals surface area contributed by atoms with Crippen molar-refractivity contribution in [3.63, 3.8) is 0 Å². The standard InChI is InChI=1S/C21H21ClN2OS/c1-13(2)16-9-6-7-14(3)20(16)24-19(25)11-15-12-26-21(23-15)17-8-4-5-10-18(17)22/h4-10,12-13H,11H2,1-3H3,(H,24,25). The summed E-state index contributed by atoms with van der Waals surface area (Å²) in [5.74, 6) is 0.286. The number of carbonyl (C=O) groups is 1. The van der Waals surface area contributed by atoms with Crippen LogP contribution in [-0.4, -0.2) is 10.9 Å². The Morgan fingerprint density at radius 3 is 2.69 bits per heavy atom. The molecule has 0 saturated carbocycles. The average molecular weight is 385 g/mol. The van der Waals surface area contributed by atoms with Gasteiger partial charge in [0.15, 0.2) is 0 Å². The molecule has 5 heteroatoms. The lowest BCUT2D eigenvalue weighted by Gasteiger charge is -2.16. The topological polar surface area (TPSA) is 42.0 Å². The van der Waals surface area contributed by atoms with Gasteiger partial charge in [-0.2, -0.15) is 0 Å². The molecule has 1 aromatic heterocycles. The van der Waals surface area contributed by atoms with Crippen molar-refractivity contribution in [2.45, 2.75) is 33.1 Å². The molecule has 0 aliphatic carbocycles. The Balaban J connectivity index is 1.75. The van der Waals surface area contributed by atoms with E-state index in [1.54, 1.807) is 0 Å². The molecule has 0 unspecified atom stereocenters. The van der Waals surface area contributed by atoms with Crippen LogP contribution in [0.5, 0.6) is 0 Å². The third-order valence-corrected chi connectivity index (χ3v) is 5.44. The van der Waals surface area contributed by atoms with Gasteiger partial charge in [-0.1, -0.05) is 61.8 Å². The van der Waals surface area contributed by atoms with E-state index in [9.17, 15) is 4.79 Å². The summed E-state index contributed by atoms with van der Waals surface area (Å²) in [6.45, 7) is 6.27. The van der Waals surface area contributed by atoms with Crippen LogP contribution in [0.3, 0.4) is 0 Å². The van der Waals surface area contributed by atoms with E-state index in [1.807, 2.05) is 48.7 Å². The molecule has 0 aliphatic rings. The van der Waals surface area contributed by atoms with Crippen LogP contribution >= 0.6 is 22.9 Å². The van der Waals surface area contributed by atoms with E-state index < -0.39 is 0 Å². The van der Waals surface area contributed by atoms with Gasteiger partial charge in [0.25, 0.3) is 0 Å². The number of hydrogen-bond acceptors (Lipinski definition) is 3. The molecule has 0 radical (unpaired) electrons. The molecule has 0 bridgehead atoms. The molecule has 1 amide bonds. The molecule has 0 saturated heterocycles. The van der Waals surface area contributed by atoms with E-state index in [0.717, 1.165) is 33.1 Å². The third-order valence-electron chi connectivity index (χ3n) is 4.19. The van der Waals surface area contributed by atoms with Crippen molar-refractivity contribution in [1.82, 2.24) is 4.98 Å². The Morgan fingerprint density at radius 1 is 1.19 bits per heavy atom. The van der Waals surface area contributed by atoms with Crippen LogP contribution in [0.2, 0.25) is 5.02 Å². The van der Waals surface area contributed by atoms with Crippen LogP contribution in [0.1, 0.15) is 36.6 Å². The highest BCUT2D eigenvalue weighted by atomic mass is 35.5. The van der Waals surface area contributed by atoms with Crippen molar-refractivity contribution in [3.05, 3.63) is 69.7 Å². The summed E-state index contributed by atoms with van der Waals surface area (Å²) in [6.07, 6.45) is 0.243. The lowest BCUT2D eigenvalue weighted by Crippen LogP contribution is -2.17. The van der Waals surface area contributed by atoms with Gasteiger partial charge < -0.3 is 5.32 Å². The summed E-state index contributed by atoms with van der Waals surface area (Å²) in [4.78, 5) is 17.1. The number of nitrogens with one attached hydrogen (secondary N) is 1. The minimum atomic E-state index is -0.0581. The van der Waals surface area contributed by atoms with Gasteiger partial charge in [-0.15, -0.1) is 11.3 Å². The Labute approximate surface area is 163 Å². The van der Waals surface area contributed by atoms with Gasteiger partial charge in [-0.05, 0) is 30.0 Å². The second-order valence-corrected chi connectivity index (χ2v) is 7.81. The summed E-state index contributed by atoms with van der Waals surface area (Å²) in [6, 6.07) is 13.7. The number of hydrogen-bond donors (Lipinski definition) is 1. The lowest BCUT2D eigenvalue weighted by atomic mass is 9.98. The number of aromatic nitrogens is 1. The summed E-state index contributed by atoms with van der Waals surface area (Å²) < 4.78 is 0. The molecule has 0 atom stereocenters. The summed E-state index contributed by atoms with van der Waals surface area (Å²) in [5, 5.41) is 6.48. The fourth-order valence-electron chi connectivity index (χ4n) is 2.84. The zero-order valence-electron chi connectivity index (χ0n) is 15.0. The Hall–Kier alpha value is -2.17. The number of anilines is 1. The van der Waals surface area contributed by atoms with Gasteiger partial charge >= 0.3 is 0 Å². The molecule has 3 aromatic rings. The predicted octanol–water partition coefficient (Wildman–Crippen LogP) is 6.08. The van der Waals surface area contributed by atoms with E-state index >= 15 is 0 Å². The smallest absolute Gasteiger partial charge is 0.230 e. The number of halogens is 1. The normalized spacial score (nSPS) is 11.0. The highest BCUT2D eigenvalue weighted by Gasteiger charge is 2.14.